The van der Waals surface area contributed by atoms with Crippen LogP contribution in [0.15, 0.2) is 22.7 Å². The number of fused-ring (bicyclic) bond motifs is 1. The molecule has 2 aromatic rings. The summed E-state index contributed by atoms with van der Waals surface area (Å²) < 4.78 is 3.51. The van der Waals surface area contributed by atoms with Crippen LogP contribution >= 0.6 is 27.5 Å². The van der Waals surface area contributed by atoms with Crippen molar-refractivity contribution in [2.75, 3.05) is 0 Å². The van der Waals surface area contributed by atoms with Gasteiger partial charge in [0, 0.05) is 10.5 Å². The van der Waals surface area contributed by atoms with Gasteiger partial charge in [-0.2, -0.15) is 0 Å². The highest BCUT2D eigenvalue weighted by Crippen LogP contribution is 2.41. The minimum absolute atomic E-state index is 0.0669. The van der Waals surface area contributed by atoms with E-state index in [1.165, 1.54) is 24.8 Å². The van der Waals surface area contributed by atoms with E-state index >= 15 is 0 Å². The van der Waals surface area contributed by atoms with Crippen LogP contribution < -0.4 is 0 Å². The number of benzene rings is 1. The normalized spacial score (nSPS) is 28.0. The third kappa shape index (κ3) is 2.87. The van der Waals surface area contributed by atoms with E-state index in [9.17, 15) is 0 Å². The molecule has 1 fully saturated rings. The monoisotopic (exact) mass is 368 g/mol. The van der Waals surface area contributed by atoms with Gasteiger partial charge in [-0.3, -0.25) is 0 Å². The highest BCUT2D eigenvalue weighted by molar-refractivity contribution is 9.10. The average molecular weight is 370 g/mol. The van der Waals surface area contributed by atoms with Gasteiger partial charge in [-0.25, -0.2) is 4.98 Å². The average Bonchev–Trinajstić information content (AvgIpc) is 2.77. The van der Waals surface area contributed by atoms with Gasteiger partial charge in [-0.15, -0.1) is 11.6 Å². The molecule has 1 aliphatic carbocycles. The van der Waals surface area contributed by atoms with Crippen molar-refractivity contribution in [1.29, 1.82) is 0 Å². The van der Waals surface area contributed by atoms with Crippen molar-refractivity contribution >= 4 is 38.6 Å². The van der Waals surface area contributed by atoms with Crippen LogP contribution in [0.25, 0.3) is 11.0 Å². The fourth-order valence-corrected chi connectivity index (χ4v) is 4.25. The maximum absolute atomic E-state index is 6.42. The highest BCUT2D eigenvalue weighted by Gasteiger charge is 2.30. The number of imidazole rings is 1. The fourth-order valence-electron chi connectivity index (χ4n) is 3.75. The lowest BCUT2D eigenvalue weighted by Crippen LogP contribution is -2.26. The Bertz CT molecular complexity index is 650. The number of alkyl halides is 1. The molecule has 0 amide bonds. The van der Waals surface area contributed by atoms with Crippen LogP contribution in [0.3, 0.4) is 0 Å². The summed E-state index contributed by atoms with van der Waals surface area (Å²) in [4.78, 5) is 4.79. The van der Waals surface area contributed by atoms with E-state index in [4.69, 9.17) is 16.6 Å². The molecule has 0 aliphatic heterocycles. The molecule has 4 unspecified atom stereocenters. The second-order valence-electron chi connectivity index (χ2n) is 6.55. The summed E-state index contributed by atoms with van der Waals surface area (Å²) in [6.07, 6.45) is 3.80. The molecule has 4 heteroatoms. The lowest BCUT2D eigenvalue weighted by atomic mass is 9.79. The van der Waals surface area contributed by atoms with Crippen molar-refractivity contribution < 1.29 is 0 Å². The van der Waals surface area contributed by atoms with Gasteiger partial charge in [0.1, 0.15) is 5.82 Å². The number of halogens is 2. The molecule has 0 N–H and O–H groups in total. The smallest absolute Gasteiger partial charge is 0.127 e. The van der Waals surface area contributed by atoms with Crippen LogP contribution in [0.5, 0.6) is 0 Å². The van der Waals surface area contributed by atoms with Crippen molar-refractivity contribution in [2.24, 2.45) is 11.8 Å². The number of hydrogen-bond acceptors (Lipinski definition) is 1. The van der Waals surface area contributed by atoms with Crippen LogP contribution in [-0.4, -0.2) is 9.55 Å². The molecule has 1 aliphatic rings. The van der Waals surface area contributed by atoms with Crippen molar-refractivity contribution in [1.82, 2.24) is 9.55 Å². The number of hydrogen-bond donors (Lipinski definition) is 0. The van der Waals surface area contributed by atoms with E-state index in [0.29, 0.717) is 12.0 Å². The van der Waals surface area contributed by atoms with E-state index in [-0.39, 0.29) is 5.38 Å². The standard InChI is InChI=1S/C17H22BrClN2/c1-10-4-7-15(11(2)8-10)21-16-9-13(18)5-6-14(16)20-17(21)12(3)19/h5-6,9-12,15H,4,7-8H2,1-3H3. The molecule has 114 valence electrons. The lowest BCUT2D eigenvalue weighted by molar-refractivity contribution is 0.208. The summed E-state index contributed by atoms with van der Waals surface area (Å²) in [5, 5.41) is -0.0669. The first-order valence-electron chi connectivity index (χ1n) is 7.78. The Kier molecular flexibility index (Phi) is 4.33. The van der Waals surface area contributed by atoms with Gasteiger partial charge < -0.3 is 4.57 Å². The highest BCUT2D eigenvalue weighted by atomic mass is 79.9. The van der Waals surface area contributed by atoms with E-state index < -0.39 is 0 Å². The summed E-state index contributed by atoms with van der Waals surface area (Å²) in [5.74, 6) is 2.50. The molecule has 0 saturated heterocycles. The third-order valence-corrected chi connectivity index (χ3v) is 5.44. The van der Waals surface area contributed by atoms with Gasteiger partial charge in [0.15, 0.2) is 0 Å². The van der Waals surface area contributed by atoms with Gasteiger partial charge in [-0.1, -0.05) is 29.8 Å². The van der Waals surface area contributed by atoms with Gasteiger partial charge in [0.05, 0.1) is 16.4 Å². The summed E-state index contributed by atoms with van der Waals surface area (Å²) in [6.45, 7) is 6.75. The molecule has 1 aromatic heterocycles. The number of nitrogens with zero attached hydrogens (tertiary/aromatic N) is 2. The quantitative estimate of drug-likeness (QED) is 0.585. The Morgan fingerprint density at radius 2 is 2.10 bits per heavy atom. The Labute approximate surface area is 140 Å². The molecular formula is C17H22BrClN2. The zero-order valence-corrected chi connectivity index (χ0v) is 15.2. The summed E-state index contributed by atoms with van der Waals surface area (Å²) >= 11 is 10.0. The molecule has 1 aromatic carbocycles. The molecular weight excluding hydrogens is 348 g/mol. The Balaban J connectivity index is 2.14. The second-order valence-corrected chi connectivity index (χ2v) is 8.12. The first-order valence-corrected chi connectivity index (χ1v) is 9.01. The SMILES string of the molecule is CC1CCC(n2c(C(C)Cl)nc3ccc(Br)cc32)C(C)C1. The second kappa shape index (κ2) is 5.92. The topological polar surface area (TPSA) is 17.8 Å². The number of rotatable bonds is 2. The van der Waals surface area contributed by atoms with E-state index in [1.54, 1.807) is 0 Å². The molecule has 4 atom stereocenters. The van der Waals surface area contributed by atoms with Gasteiger partial charge in [-0.05, 0) is 56.2 Å². The predicted molar refractivity (Wildman–Crippen MR) is 92.9 cm³/mol. The van der Waals surface area contributed by atoms with Crippen LogP contribution in [0, 0.1) is 11.8 Å². The van der Waals surface area contributed by atoms with E-state index in [0.717, 1.165) is 21.7 Å². The van der Waals surface area contributed by atoms with E-state index in [1.807, 2.05) is 6.92 Å². The third-order valence-electron chi connectivity index (χ3n) is 4.75. The van der Waals surface area contributed by atoms with Crippen molar-refractivity contribution in [3.63, 3.8) is 0 Å². The number of aromatic nitrogens is 2. The first kappa shape index (κ1) is 15.4. The van der Waals surface area contributed by atoms with Gasteiger partial charge in [0.25, 0.3) is 0 Å². The fraction of sp³-hybridized carbons (Fsp3) is 0.588. The Morgan fingerprint density at radius 3 is 2.76 bits per heavy atom. The van der Waals surface area contributed by atoms with Crippen LogP contribution in [0.2, 0.25) is 0 Å². The zero-order chi connectivity index (χ0) is 15.1. The van der Waals surface area contributed by atoms with Crippen LogP contribution in [0.4, 0.5) is 0 Å². The first-order chi connectivity index (χ1) is 9.97. The van der Waals surface area contributed by atoms with Crippen LogP contribution in [0.1, 0.15) is 57.3 Å². The summed E-state index contributed by atoms with van der Waals surface area (Å²) in [6, 6.07) is 6.82. The summed E-state index contributed by atoms with van der Waals surface area (Å²) in [7, 11) is 0. The zero-order valence-electron chi connectivity index (χ0n) is 12.8. The van der Waals surface area contributed by atoms with Crippen molar-refractivity contribution in [3.05, 3.63) is 28.5 Å². The van der Waals surface area contributed by atoms with Gasteiger partial charge in [0.2, 0.25) is 0 Å². The molecule has 3 rings (SSSR count). The molecule has 0 bridgehead atoms. The largest absolute Gasteiger partial charge is 0.323 e. The Hall–Kier alpha value is -0.540. The van der Waals surface area contributed by atoms with Crippen molar-refractivity contribution in [3.8, 4) is 0 Å². The molecule has 2 nitrogen and oxygen atoms in total. The van der Waals surface area contributed by atoms with E-state index in [2.05, 4.69) is 52.5 Å². The molecule has 1 saturated carbocycles. The molecule has 0 radical (unpaired) electrons. The van der Waals surface area contributed by atoms with Crippen LogP contribution in [-0.2, 0) is 0 Å². The summed E-state index contributed by atoms with van der Waals surface area (Å²) in [5.41, 5.74) is 2.25. The maximum atomic E-state index is 6.42. The van der Waals surface area contributed by atoms with Gasteiger partial charge >= 0.3 is 0 Å². The minimum atomic E-state index is -0.0669. The lowest BCUT2D eigenvalue weighted by Gasteiger charge is -2.35. The molecule has 21 heavy (non-hydrogen) atoms. The maximum Gasteiger partial charge on any atom is 0.127 e. The molecule has 1 heterocycles. The van der Waals surface area contributed by atoms with Crippen molar-refractivity contribution in [2.45, 2.75) is 51.5 Å². The predicted octanol–water partition coefficient (Wildman–Crippen LogP) is 6.10. The Morgan fingerprint density at radius 1 is 1.33 bits per heavy atom. The minimum Gasteiger partial charge on any atom is -0.323 e. The molecule has 0 spiro atoms.